The molecule has 0 aromatic heterocycles. The molecule has 3 aliphatic rings. The van der Waals surface area contributed by atoms with Crippen molar-refractivity contribution in [1.82, 2.24) is 15.1 Å². The number of fused-ring (bicyclic) bond motifs is 2. The van der Waals surface area contributed by atoms with Crippen LogP contribution in [-0.2, 0) is 24.6 Å². The molecule has 2 heterocycles. The summed E-state index contributed by atoms with van der Waals surface area (Å²) in [7, 11) is 1.18. The third-order valence-corrected chi connectivity index (χ3v) is 7.63. The minimum atomic E-state index is -6.15. The molecule has 1 spiro atoms. The van der Waals surface area contributed by atoms with Crippen LogP contribution in [0.15, 0.2) is 24.3 Å². The van der Waals surface area contributed by atoms with Crippen LogP contribution in [0.4, 0.5) is 27.6 Å². The molecule has 9 nitrogen and oxygen atoms in total. The van der Waals surface area contributed by atoms with Gasteiger partial charge in [0.05, 0.1) is 11.5 Å². The van der Waals surface area contributed by atoms with Crippen molar-refractivity contribution >= 4 is 29.3 Å². The van der Waals surface area contributed by atoms with E-state index in [-0.39, 0.29) is 31.2 Å². The molecule has 1 saturated carbocycles. The molecule has 4 atom stereocenters. The number of nitriles is 1. The largest absolute Gasteiger partial charge is 0.463 e. The maximum atomic E-state index is 13.8. The minimum absolute atomic E-state index is 0.0187. The van der Waals surface area contributed by atoms with Gasteiger partial charge in [-0.05, 0) is 30.9 Å². The van der Waals surface area contributed by atoms with Crippen LogP contribution in [0.5, 0.6) is 0 Å². The van der Waals surface area contributed by atoms with E-state index in [0.717, 1.165) is 24.7 Å². The summed E-state index contributed by atoms with van der Waals surface area (Å²) in [4.78, 5) is 53.6. The molecule has 1 aromatic rings. The van der Waals surface area contributed by atoms with Gasteiger partial charge in [-0.3, -0.25) is 19.2 Å². The average Bonchev–Trinajstić information content (AvgIpc) is 3.55. The highest BCUT2D eigenvalue weighted by molar-refractivity contribution is 6.07. The van der Waals surface area contributed by atoms with Crippen molar-refractivity contribution in [3.05, 3.63) is 29.8 Å². The predicted octanol–water partition coefficient (Wildman–Crippen LogP) is 2.33. The number of nitrogens with zero attached hydrogens (tertiary/aromatic N) is 3. The first-order valence-electron chi connectivity index (χ1n) is 12.3. The lowest BCUT2D eigenvalue weighted by Crippen LogP contribution is -2.58. The molecule has 0 bridgehead atoms. The molecular formula is C25H26F5N5O4. The minimum Gasteiger partial charge on any atom is -0.339 e. The fourth-order valence-electron chi connectivity index (χ4n) is 5.21. The molecule has 14 heteroatoms. The van der Waals surface area contributed by atoms with Gasteiger partial charge < -0.3 is 20.4 Å². The monoisotopic (exact) mass is 555 g/mol. The second-order valence-electron chi connectivity index (χ2n) is 10.3. The number of likely N-dealkylation sites (tertiary alicyclic amines) is 1. The number of carbonyl (C=O) groups is 4. The highest BCUT2D eigenvalue weighted by atomic mass is 19.4. The number of nitrogens with one attached hydrogen (secondary N) is 2. The Hall–Kier alpha value is -3.76. The molecule has 4 amide bonds. The smallest absolute Gasteiger partial charge is 0.339 e. The summed E-state index contributed by atoms with van der Waals surface area (Å²) in [5.74, 6) is -10.4. The van der Waals surface area contributed by atoms with E-state index in [1.807, 2.05) is 6.07 Å². The highest BCUT2D eigenvalue weighted by Gasteiger charge is 2.64. The molecule has 0 radical (unpaired) electrons. The third kappa shape index (κ3) is 4.90. The van der Waals surface area contributed by atoms with E-state index in [9.17, 15) is 46.4 Å². The first kappa shape index (κ1) is 28.3. The molecule has 2 N–H and O–H groups in total. The van der Waals surface area contributed by atoms with Crippen LogP contribution in [-0.4, -0.2) is 77.2 Å². The molecule has 0 unspecified atom stereocenters. The van der Waals surface area contributed by atoms with Crippen LogP contribution < -0.4 is 10.6 Å². The lowest BCUT2D eigenvalue weighted by molar-refractivity contribution is -0.270. The zero-order chi connectivity index (χ0) is 28.9. The number of carbonyl (C=O) groups excluding carboxylic acids is 4. The number of benzene rings is 1. The fraction of sp³-hybridized carbons (Fsp3) is 0.560. The summed E-state index contributed by atoms with van der Waals surface area (Å²) in [5, 5.41) is 14.0. The van der Waals surface area contributed by atoms with Crippen molar-refractivity contribution in [2.24, 2.45) is 5.92 Å². The van der Waals surface area contributed by atoms with Gasteiger partial charge in [-0.25, -0.2) is 0 Å². The number of amides is 4. The molecule has 210 valence electrons. The van der Waals surface area contributed by atoms with E-state index in [1.54, 1.807) is 24.3 Å². The lowest BCUT2D eigenvalue weighted by atomic mass is 9.80. The van der Waals surface area contributed by atoms with Gasteiger partial charge in [0.25, 0.3) is 0 Å². The van der Waals surface area contributed by atoms with Crippen LogP contribution in [0.2, 0.25) is 0 Å². The van der Waals surface area contributed by atoms with Gasteiger partial charge in [0.15, 0.2) is 0 Å². The van der Waals surface area contributed by atoms with Gasteiger partial charge in [-0.1, -0.05) is 31.0 Å². The Labute approximate surface area is 220 Å². The second kappa shape index (κ2) is 9.77. The van der Waals surface area contributed by atoms with Crippen molar-refractivity contribution in [1.29, 1.82) is 5.26 Å². The second-order valence-corrected chi connectivity index (χ2v) is 10.3. The zero-order valence-electron chi connectivity index (χ0n) is 21.0. The van der Waals surface area contributed by atoms with Crippen LogP contribution in [0, 0.1) is 17.2 Å². The number of anilines is 1. The van der Waals surface area contributed by atoms with Crippen LogP contribution in [0.25, 0.3) is 0 Å². The van der Waals surface area contributed by atoms with E-state index in [2.05, 4.69) is 5.32 Å². The SMILES string of the molecule is C[C@H](NC(=O)C(F)(F)C(F)(F)F)C(=O)N(C)[C@@H](CC1CC1)C(=O)N1C[C@]2(C[C@H]1C#N)C(=O)Nc1ccccc12. The first-order valence-corrected chi connectivity index (χ1v) is 12.3. The van der Waals surface area contributed by atoms with Crippen molar-refractivity contribution in [3.63, 3.8) is 0 Å². The van der Waals surface area contributed by atoms with Crippen LogP contribution in [0.3, 0.4) is 0 Å². The molecule has 1 aliphatic carbocycles. The molecule has 2 fully saturated rings. The van der Waals surface area contributed by atoms with E-state index in [1.165, 1.54) is 17.3 Å². The summed E-state index contributed by atoms with van der Waals surface area (Å²) < 4.78 is 64.5. The Bertz CT molecular complexity index is 1240. The number of halogens is 5. The van der Waals surface area contributed by atoms with Gasteiger partial charge >= 0.3 is 18.0 Å². The van der Waals surface area contributed by atoms with Crippen LogP contribution >= 0.6 is 0 Å². The molecule has 39 heavy (non-hydrogen) atoms. The van der Waals surface area contributed by atoms with Gasteiger partial charge in [-0.15, -0.1) is 0 Å². The molecule has 2 aliphatic heterocycles. The predicted molar refractivity (Wildman–Crippen MR) is 125 cm³/mol. The van der Waals surface area contributed by atoms with Crippen LogP contribution in [0.1, 0.15) is 38.2 Å². The normalized spacial score (nSPS) is 24.0. The topological polar surface area (TPSA) is 123 Å². The van der Waals surface area contributed by atoms with Crippen molar-refractivity contribution < 1.29 is 41.1 Å². The van der Waals surface area contributed by atoms with Gasteiger partial charge in [0, 0.05) is 25.7 Å². The van der Waals surface area contributed by atoms with Crippen molar-refractivity contribution in [2.75, 3.05) is 18.9 Å². The van der Waals surface area contributed by atoms with E-state index < -0.39 is 53.4 Å². The standard InChI is InChI=1S/C25H26F5N5O4/c1-13(32-22(39)24(26,27)25(28,29)30)19(36)34(2)18(9-14-7-8-14)20(37)35-12-23(10-15(35)11-31)16-5-3-4-6-17(16)33-21(23)38/h3-6,13-15,18H,7-10,12H2,1-2H3,(H,32,39)(H,33,38)/t13-,15-,18-,23-/m0/s1. The van der Waals surface area contributed by atoms with Gasteiger partial charge in [-0.2, -0.15) is 27.2 Å². The number of para-hydroxylation sites is 1. The Kier molecular flexibility index (Phi) is 7.07. The summed E-state index contributed by atoms with van der Waals surface area (Å²) in [6, 6.07) is 4.92. The summed E-state index contributed by atoms with van der Waals surface area (Å²) in [6.07, 6.45) is -4.45. The number of likely N-dealkylation sites (N-methyl/N-ethyl adjacent to an activating group) is 1. The molecule has 1 aromatic carbocycles. The maximum absolute atomic E-state index is 13.8. The molecule has 1 saturated heterocycles. The van der Waals surface area contributed by atoms with Crippen molar-refractivity contribution in [2.45, 2.75) is 68.2 Å². The first-order chi connectivity index (χ1) is 18.1. The Morgan fingerprint density at radius 3 is 2.46 bits per heavy atom. The summed E-state index contributed by atoms with van der Waals surface area (Å²) in [6.45, 7) is 0.796. The highest BCUT2D eigenvalue weighted by Crippen LogP contribution is 2.47. The van der Waals surface area contributed by atoms with Gasteiger partial charge in [0.1, 0.15) is 18.1 Å². The quantitative estimate of drug-likeness (QED) is 0.500. The number of rotatable bonds is 7. The summed E-state index contributed by atoms with van der Waals surface area (Å²) in [5.41, 5.74) is 0.0234. The maximum Gasteiger partial charge on any atom is 0.463 e. The van der Waals surface area contributed by atoms with E-state index in [0.29, 0.717) is 11.3 Å². The number of hydrogen-bond acceptors (Lipinski definition) is 5. The third-order valence-electron chi connectivity index (χ3n) is 7.63. The van der Waals surface area contributed by atoms with E-state index >= 15 is 0 Å². The van der Waals surface area contributed by atoms with Gasteiger partial charge in [0.2, 0.25) is 17.7 Å². The zero-order valence-corrected chi connectivity index (χ0v) is 21.0. The Balaban J connectivity index is 1.55. The molecular weight excluding hydrogens is 529 g/mol. The Morgan fingerprint density at radius 2 is 1.87 bits per heavy atom. The number of alkyl halides is 5. The summed E-state index contributed by atoms with van der Waals surface area (Å²) >= 11 is 0. The van der Waals surface area contributed by atoms with Crippen molar-refractivity contribution in [3.8, 4) is 6.07 Å². The molecule has 4 rings (SSSR count). The number of hydrogen-bond donors (Lipinski definition) is 2. The van der Waals surface area contributed by atoms with E-state index in [4.69, 9.17) is 0 Å². The fourth-order valence-corrected chi connectivity index (χ4v) is 5.21. The lowest BCUT2D eigenvalue weighted by Gasteiger charge is -2.34. The Morgan fingerprint density at radius 1 is 1.23 bits per heavy atom. The average molecular weight is 556 g/mol.